The molecule has 0 bridgehead atoms. The second-order valence-electron chi connectivity index (χ2n) is 9.22. The molecule has 1 heterocycles. The average molecular weight is 423 g/mol. The van der Waals surface area contributed by atoms with Crippen LogP contribution in [-0.2, 0) is 27.1 Å². The molecule has 4 amide bonds. The van der Waals surface area contributed by atoms with Crippen LogP contribution in [0.4, 0.5) is 4.79 Å². The summed E-state index contributed by atoms with van der Waals surface area (Å²) in [5, 5.41) is 3.44. The van der Waals surface area contributed by atoms with E-state index in [4.69, 9.17) is 0 Å². The first-order valence-electron chi connectivity index (χ1n) is 10.3. The Morgan fingerprint density at radius 3 is 2.26 bits per heavy atom. The normalized spacial score (nSPS) is 19.0. The van der Waals surface area contributed by atoms with Crippen molar-refractivity contribution in [1.29, 1.82) is 0 Å². The molecule has 7 heteroatoms. The number of hydrogen-bond donors (Lipinski definition) is 2. The van der Waals surface area contributed by atoms with Crippen molar-refractivity contribution in [3.63, 3.8) is 0 Å². The molecule has 31 heavy (non-hydrogen) atoms. The second-order valence-corrected chi connectivity index (χ2v) is 9.22. The lowest BCUT2D eigenvalue weighted by atomic mass is 9.87. The predicted octanol–water partition coefficient (Wildman–Crippen LogP) is 2.91. The SMILES string of the molecule is CN(CC(=O)NN1C(=O)N[C@@](C)(c2ccccc2)C1=O)Cc1ccc(C(C)(C)C)cc1. The van der Waals surface area contributed by atoms with Crippen molar-refractivity contribution in [2.45, 2.75) is 45.2 Å². The number of rotatable bonds is 6. The van der Waals surface area contributed by atoms with Crippen molar-refractivity contribution in [3.05, 3.63) is 71.3 Å². The Morgan fingerprint density at radius 2 is 1.68 bits per heavy atom. The minimum Gasteiger partial charge on any atom is -0.318 e. The van der Waals surface area contributed by atoms with E-state index in [2.05, 4.69) is 55.8 Å². The van der Waals surface area contributed by atoms with Gasteiger partial charge in [-0.15, -0.1) is 0 Å². The maximum absolute atomic E-state index is 12.9. The number of hydrogen-bond acceptors (Lipinski definition) is 4. The minimum atomic E-state index is -1.22. The topological polar surface area (TPSA) is 81.8 Å². The zero-order valence-electron chi connectivity index (χ0n) is 18.7. The number of amides is 4. The first kappa shape index (κ1) is 22.5. The van der Waals surface area contributed by atoms with Gasteiger partial charge in [0.1, 0.15) is 5.54 Å². The molecule has 2 N–H and O–H groups in total. The van der Waals surface area contributed by atoms with Gasteiger partial charge in [0.25, 0.3) is 11.8 Å². The molecule has 1 aliphatic rings. The molecule has 0 aromatic heterocycles. The van der Waals surface area contributed by atoms with E-state index in [0.29, 0.717) is 12.1 Å². The van der Waals surface area contributed by atoms with Crippen LogP contribution in [0, 0.1) is 0 Å². The molecule has 7 nitrogen and oxygen atoms in total. The Labute approximate surface area is 183 Å². The summed E-state index contributed by atoms with van der Waals surface area (Å²) in [5.74, 6) is -0.952. The largest absolute Gasteiger partial charge is 0.344 e. The molecule has 2 aromatic rings. The molecule has 0 radical (unpaired) electrons. The van der Waals surface area contributed by atoms with Crippen LogP contribution in [-0.4, -0.2) is 41.3 Å². The van der Waals surface area contributed by atoms with Crippen LogP contribution in [0.25, 0.3) is 0 Å². The van der Waals surface area contributed by atoms with Gasteiger partial charge < -0.3 is 5.32 Å². The fourth-order valence-electron chi connectivity index (χ4n) is 3.59. The van der Waals surface area contributed by atoms with Gasteiger partial charge in [-0.1, -0.05) is 75.4 Å². The Morgan fingerprint density at radius 1 is 1.06 bits per heavy atom. The summed E-state index contributed by atoms with van der Waals surface area (Å²) in [4.78, 5) is 39.6. The van der Waals surface area contributed by atoms with Gasteiger partial charge in [-0.05, 0) is 36.1 Å². The third kappa shape index (κ3) is 4.94. The summed E-state index contributed by atoms with van der Waals surface area (Å²) in [5.41, 5.74) is 4.29. The summed E-state index contributed by atoms with van der Waals surface area (Å²) < 4.78 is 0. The van der Waals surface area contributed by atoms with E-state index in [1.165, 1.54) is 5.56 Å². The van der Waals surface area contributed by atoms with Gasteiger partial charge in [-0.3, -0.25) is 19.9 Å². The fraction of sp³-hybridized carbons (Fsp3) is 0.375. The zero-order chi connectivity index (χ0) is 22.8. The smallest absolute Gasteiger partial charge is 0.318 e. The number of likely N-dealkylation sites (N-methyl/N-ethyl adjacent to an activating group) is 1. The van der Waals surface area contributed by atoms with E-state index in [-0.39, 0.29) is 12.0 Å². The van der Waals surface area contributed by atoms with Gasteiger partial charge in [0.15, 0.2) is 0 Å². The molecule has 0 unspecified atom stereocenters. The number of nitrogens with zero attached hydrogens (tertiary/aromatic N) is 2. The molecule has 1 aliphatic heterocycles. The van der Waals surface area contributed by atoms with Gasteiger partial charge in [0.2, 0.25) is 0 Å². The van der Waals surface area contributed by atoms with E-state index in [1.54, 1.807) is 31.2 Å². The highest BCUT2D eigenvalue weighted by atomic mass is 16.2. The lowest BCUT2D eigenvalue weighted by Crippen LogP contribution is -2.50. The Hall–Kier alpha value is -3.19. The molecule has 2 aromatic carbocycles. The molecule has 3 rings (SSSR count). The number of imide groups is 1. The Bertz CT molecular complexity index is 967. The van der Waals surface area contributed by atoms with E-state index in [0.717, 1.165) is 10.6 Å². The maximum Gasteiger partial charge on any atom is 0.344 e. The van der Waals surface area contributed by atoms with Gasteiger partial charge in [0.05, 0.1) is 6.54 Å². The Balaban J connectivity index is 1.59. The quantitative estimate of drug-likeness (QED) is 0.702. The number of hydrazine groups is 1. The number of nitrogens with one attached hydrogen (secondary N) is 2. The third-order valence-electron chi connectivity index (χ3n) is 5.46. The van der Waals surface area contributed by atoms with Gasteiger partial charge >= 0.3 is 6.03 Å². The third-order valence-corrected chi connectivity index (χ3v) is 5.46. The highest BCUT2D eigenvalue weighted by Gasteiger charge is 2.49. The number of benzene rings is 2. The summed E-state index contributed by atoms with van der Waals surface area (Å²) in [7, 11) is 1.82. The van der Waals surface area contributed by atoms with Crippen molar-refractivity contribution in [1.82, 2.24) is 20.7 Å². The van der Waals surface area contributed by atoms with Crippen LogP contribution in [0.5, 0.6) is 0 Å². The van der Waals surface area contributed by atoms with Gasteiger partial charge in [-0.25, -0.2) is 4.79 Å². The molecule has 0 saturated carbocycles. The predicted molar refractivity (Wildman–Crippen MR) is 119 cm³/mol. The average Bonchev–Trinajstić information content (AvgIpc) is 2.92. The molecular formula is C24H30N4O3. The molecular weight excluding hydrogens is 392 g/mol. The van der Waals surface area contributed by atoms with Crippen molar-refractivity contribution in [3.8, 4) is 0 Å². The monoisotopic (exact) mass is 422 g/mol. The lowest BCUT2D eigenvalue weighted by Gasteiger charge is -2.23. The lowest BCUT2D eigenvalue weighted by molar-refractivity contribution is -0.139. The van der Waals surface area contributed by atoms with Gasteiger partial charge in [-0.2, -0.15) is 5.01 Å². The standard InChI is InChI=1S/C24H30N4O3/c1-23(2,3)18-13-11-17(12-14-18)15-27(5)16-20(29)26-28-21(30)24(4,25-22(28)31)19-9-7-6-8-10-19/h6-14H,15-16H2,1-5H3,(H,25,31)(H,26,29)/t24-/m0/s1. The highest BCUT2D eigenvalue weighted by Crippen LogP contribution is 2.27. The van der Waals surface area contributed by atoms with E-state index >= 15 is 0 Å². The van der Waals surface area contributed by atoms with Crippen LogP contribution in [0.3, 0.4) is 0 Å². The van der Waals surface area contributed by atoms with Gasteiger partial charge in [0, 0.05) is 6.54 Å². The van der Waals surface area contributed by atoms with Crippen molar-refractivity contribution in [2.75, 3.05) is 13.6 Å². The van der Waals surface area contributed by atoms with E-state index in [9.17, 15) is 14.4 Å². The summed E-state index contributed by atoms with van der Waals surface area (Å²) in [6, 6.07) is 16.6. The van der Waals surface area contributed by atoms with Crippen molar-refractivity contribution >= 4 is 17.8 Å². The van der Waals surface area contributed by atoms with Crippen LogP contribution in [0.2, 0.25) is 0 Å². The minimum absolute atomic E-state index is 0.0418. The highest BCUT2D eigenvalue weighted by molar-refractivity contribution is 6.08. The second kappa shape index (κ2) is 8.51. The molecule has 1 fully saturated rings. The maximum atomic E-state index is 12.9. The fourth-order valence-corrected chi connectivity index (χ4v) is 3.59. The molecule has 0 aliphatic carbocycles. The molecule has 1 saturated heterocycles. The van der Waals surface area contributed by atoms with E-state index in [1.807, 2.05) is 18.0 Å². The van der Waals surface area contributed by atoms with Crippen LogP contribution in [0.1, 0.15) is 44.4 Å². The number of urea groups is 1. The summed E-state index contributed by atoms with van der Waals surface area (Å²) in [6.45, 7) is 8.73. The van der Waals surface area contributed by atoms with Crippen LogP contribution in [0.15, 0.2) is 54.6 Å². The molecule has 1 atom stereocenters. The van der Waals surface area contributed by atoms with Crippen molar-refractivity contribution in [2.24, 2.45) is 0 Å². The Kier molecular flexibility index (Phi) is 6.18. The summed E-state index contributed by atoms with van der Waals surface area (Å²) in [6.07, 6.45) is 0. The molecule has 0 spiro atoms. The van der Waals surface area contributed by atoms with Crippen LogP contribution < -0.4 is 10.7 Å². The molecule has 164 valence electrons. The van der Waals surface area contributed by atoms with Crippen molar-refractivity contribution < 1.29 is 14.4 Å². The number of carbonyl (C=O) groups excluding carboxylic acids is 3. The first-order valence-corrected chi connectivity index (χ1v) is 10.3. The van der Waals surface area contributed by atoms with E-state index < -0.39 is 23.4 Å². The number of carbonyl (C=O) groups is 3. The first-order chi connectivity index (χ1) is 14.5. The zero-order valence-corrected chi connectivity index (χ0v) is 18.7. The van der Waals surface area contributed by atoms with Crippen LogP contribution >= 0.6 is 0 Å². The summed E-state index contributed by atoms with van der Waals surface area (Å²) >= 11 is 0.